The van der Waals surface area contributed by atoms with Gasteiger partial charge in [0, 0.05) is 5.56 Å². The van der Waals surface area contributed by atoms with Crippen molar-refractivity contribution in [1.29, 1.82) is 0 Å². The van der Waals surface area contributed by atoms with Gasteiger partial charge in [0.1, 0.15) is 5.75 Å². The molecule has 7 nitrogen and oxygen atoms in total. The van der Waals surface area contributed by atoms with Gasteiger partial charge in [-0.2, -0.15) is 26.6 Å². The molecule has 0 N–H and O–H groups in total. The van der Waals surface area contributed by atoms with Crippen molar-refractivity contribution in [3.05, 3.63) is 54.1 Å². The molecule has 0 aliphatic heterocycles. The van der Waals surface area contributed by atoms with Gasteiger partial charge in [-0.15, -0.1) is 4.09 Å². The molecule has 1 aromatic heterocycles. The smallest absolute Gasteiger partial charge is 0.416 e. The van der Waals surface area contributed by atoms with E-state index in [1.165, 1.54) is 7.11 Å². The average molecular weight is 455 g/mol. The van der Waals surface area contributed by atoms with Crippen LogP contribution in [0.25, 0.3) is 11.4 Å². The number of benzene rings is 2. The number of methoxy groups -OCH3 is 1. The second kappa shape index (κ2) is 8.96. The van der Waals surface area contributed by atoms with Crippen molar-refractivity contribution in [2.45, 2.75) is 30.8 Å². The van der Waals surface area contributed by atoms with Crippen LogP contribution in [0.4, 0.5) is 13.2 Å². The van der Waals surface area contributed by atoms with Crippen molar-refractivity contribution >= 4 is 10.0 Å². The molecule has 0 saturated carbocycles. The van der Waals surface area contributed by atoms with Crippen LogP contribution in [0.15, 0.2) is 53.4 Å². The molecule has 0 amide bonds. The molecule has 0 radical (unpaired) electrons. The maximum Gasteiger partial charge on any atom is 0.416 e. The standard InChI is InChI=1S/C20H20F3N3O4S/c1-3-4-12-30-19-24-18(14-8-10-16(29-2)11-9-14)26(25-19)31(27,28)17-7-5-6-15(13-17)20(21,22)23/h5-11,13H,3-4,12H2,1-2H3. The third kappa shape index (κ3) is 4.98. The number of rotatable bonds is 8. The van der Waals surface area contributed by atoms with Gasteiger partial charge in [-0.3, -0.25) is 0 Å². The fourth-order valence-corrected chi connectivity index (χ4v) is 3.94. The maximum atomic E-state index is 13.2. The van der Waals surface area contributed by atoms with E-state index in [0.29, 0.717) is 27.9 Å². The van der Waals surface area contributed by atoms with E-state index in [1.807, 2.05) is 6.92 Å². The number of alkyl halides is 3. The Balaban J connectivity index is 2.11. The van der Waals surface area contributed by atoms with Gasteiger partial charge in [0.15, 0.2) is 5.82 Å². The molecule has 166 valence electrons. The zero-order valence-electron chi connectivity index (χ0n) is 16.8. The number of aromatic nitrogens is 3. The zero-order valence-corrected chi connectivity index (χ0v) is 17.6. The molecular formula is C20H20F3N3O4S. The Hall–Kier alpha value is -3.08. The summed E-state index contributed by atoms with van der Waals surface area (Å²) in [6.07, 6.45) is -3.15. The van der Waals surface area contributed by atoms with Crippen LogP contribution in [0.3, 0.4) is 0 Å². The second-order valence-corrected chi connectivity index (χ2v) is 8.29. The van der Waals surface area contributed by atoms with E-state index >= 15 is 0 Å². The first-order valence-corrected chi connectivity index (χ1v) is 10.8. The van der Waals surface area contributed by atoms with E-state index in [2.05, 4.69) is 10.1 Å². The van der Waals surface area contributed by atoms with Gasteiger partial charge < -0.3 is 9.47 Å². The lowest BCUT2D eigenvalue weighted by Gasteiger charge is -2.11. The maximum absolute atomic E-state index is 13.2. The van der Waals surface area contributed by atoms with Crippen molar-refractivity contribution < 1.29 is 31.1 Å². The van der Waals surface area contributed by atoms with E-state index < -0.39 is 26.7 Å². The fourth-order valence-electron chi connectivity index (χ4n) is 2.67. The quantitative estimate of drug-likeness (QED) is 0.469. The highest BCUT2D eigenvalue weighted by atomic mass is 32.2. The minimum Gasteiger partial charge on any atom is -0.497 e. The lowest BCUT2D eigenvalue weighted by molar-refractivity contribution is -0.137. The minimum absolute atomic E-state index is 0.0911. The molecule has 0 bridgehead atoms. The molecule has 0 atom stereocenters. The summed E-state index contributed by atoms with van der Waals surface area (Å²) in [6.45, 7) is 2.22. The second-order valence-electron chi connectivity index (χ2n) is 6.52. The first kappa shape index (κ1) is 22.6. The van der Waals surface area contributed by atoms with Gasteiger partial charge in [-0.25, -0.2) is 0 Å². The number of unbranched alkanes of at least 4 members (excludes halogenated alkanes) is 1. The Morgan fingerprint density at radius 3 is 2.42 bits per heavy atom. The van der Waals surface area contributed by atoms with Crippen molar-refractivity contribution in [2.24, 2.45) is 0 Å². The number of nitrogens with zero attached hydrogens (tertiary/aromatic N) is 3. The molecule has 0 spiro atoms. The fraction of sp³-hybridized carbons (Fsp3) is 0.300. The van der Waals surface area contributed by atoms with E-state index in [1.54, 1.807) is 24.3 Å². The lowest BCUT2D eigenvalue weighted by Crippen LogP contribution is -2.17. The summed E-state index contributed by atoms with van der Waals surface area (Å²) in [5, 5.41) is 3.92. The Morgan fingerprint density at radius 2 is 1.81 bits per heavy atom. The van der Waals surface area contributed by atoms with Crippen LogP contribution in [0, 0.1) is 0 Å². The van der Waals surface area contributed by atoms with E-state index in [9.17, 15) is 21.6 Å². The third-order valence-corrected chi connectivity index (χ3v) is 5.88. The van der Waals surface area contributed by atoms with Crippen LogP contribution >= 0.6 is 0 Å². The SMILES string of the molecule is CCCCOc1nc(-c2ccc(OC)cc2)n(S(=O)(=O)c2cccc(C(F)(F)F)c2)n1. The Kier molecular flexibility index (Phi) is 6.54. The Labute approximate surface area is 177 Å². The molecular weight excluding hydrogens is 435 g/mol. The number of hydrogen-bond donors (Lipinski definition) is 0. The van der Waals surface area contributed by atoms with Crippen LogP contribution < -0.4 is 9.47 Å². The Morgan fingerprint density at radius 1 is 1.10 bits per heavy atom. The molecule has 31 heavy (non-hydrogen) atoms. The van der Waals surface area contributed by atoms with Gasteiger partial charge >= 0.3 is 12.2 Å². The van der Waals surface area contributed by atoms with Gasteiger partial charge in [0.25, 0.3) is 10.0 Å². The monoisotopic (exact) mass is 455 g/mol. The number of halogens is 3. The van der Waals surface area contributed by atoms with Crippen molar-refractivity contribution in [3.8, 4) is 23.1 Å². The average Bonchev–Trinajstić information content (AvgIpc) is 3.18. The van der Waals surface area contributed by atoms with Crippen molar-refractivity contribution in [1.82, 2.24) is 14.2 Å². The van der Waals surface area contributed by atoms with Gasteiger partial charge in [-0.05, 0) is 48.9 Å². The third-order valence-electron chi connectivity index (χ3n) is 4.32. The highest BCUT2D eigenvalue weighted by molar-refractivity contribution is 7.90. The first-order valence-electron chi connectivity index (χ1n) is 9.34. The van der Waals surface area contributed by atoms with E-state index in [0.717, 1.165) is 24.6 Å². The first-order chi connectivity index (χ1) is 14.7. The highest BCUT2D eigenvalue weighted by Crippen LogP contribution is 2.32. The van der Waals surface area contributed by atoms with Crippen LogP contribution in [0.2, 0.25) is 0 Å². The van der Waals surface area contributed by atoms with Crippen LogP contribution in [-0.2, 0) is 16.2 Å². The normalized spacial score (nSPS) is 12.0. The van der Waals surface area contributed by atoms with Gasteiger partial charge in [0.2, 0.25) is 0 Å². The lowest BCUT2D eigenvalue weighted by atomic mass is 10.2. The molecule has 0 aliphatic carbocycles. The molecule has 3 aromatic rings. The minimum atomic E-state index is -4.69. The topological polar surface area (TPSA) is 83.3 Å². The highest BCUT2D eigenvalue weighted by Gasteiger charge is 2.33. The molecule has 0 fully saturated rings. The summed E-state index contributed by atoms with van der Waals surface area (Å²) in [4.78, 5) is 3.59. The van der Waals surface area contributed by atoms with Crippen LogP contribution in [0.5, 0.6) is 11.8 Å². The van der Waals surface area contributed by atoms with Crippen molar-refractivity contribution in [3.63, 3.8) is 0 Å². The number of hydrogen-bond acceptors (Lipinski definition) is 6. The van der Waals surface area contributed by atoms with Crippen LogP contribution in [-0.4, -0.2) is 36.3 Å². The van der Waals surface area contributed by atoms with Gasteiger partial charge in [0.05, 0.1) is 24.2 Å². The molecule has 1 heterocycles. The molecule has 2 aromatic carbocycles. The molecule has 0 unspecified atom stereocenters. The molecule has 0 saturated heterocycles. The van der Waals surface area contributed by atoms with E-state index in [4.69, 9.17) is 9.47 Å². The summed E-state index contributed by atoms with van der Waals surface area (Å²) in [6, 6.07) is 9.60. The van der Waals surface area contributed by atoms with Crippen LogP contribution in [0.1, 0.15) is 25.3 Å². The largest absolute Gasteiger partial charge is 0.497 e. The summed E-state index contributed by atoms with van der Waals surface area (Å²) >= 11 is 0. The van der Waals surface area contributed by atoms with Gasteiger partial charge in [-0.1, -0.05) is 24.5 Å². The number of ether oxygens (including phenoxy) is 2. The summed E-state index contributed by atoms with van der Waals surface area (Å²) in [7, 11) is -3.01. The zero-order chi connectivity index (χ0) is 22.6. The van der Waals surface area contributed by atoms with Crippen molar-refractivity contribution in [2.75, 3.05) is 13.7 Å². The summed E-state index contributed by atoms with van der Waals surface area (Å²) in [5.41, 5.74) is -0.715. The molecule has 0 aliphatic rings. The molecule has 3 rings (SSSR count). The predicted octanol–water partition coefficient (Wildman–Crippen LogP) is 4.39. The summed E-state index contributed by atoms with van der Waals surface area (Å²) in [5.74, 6) is 0.446. The van der Waals surface area contributed by atoms with E-state index in [-0.39, 0.29) is 18.4 Å². The Bertz CT molecular complexity index is 1140. The summed E-state index contributed by atoms with van der Waals surface area (Å²) < 4.78 is 76.8. The predicted molar refractivity (Wildman–Crippen MR) is 106 cm³/mol. The molecule has 11 heteroatoms.